The molecule has 3 aliphatic heterocycles. The molecule has 176 valence electrons. The lowest BCUT2D eigenvalue weighted by Crippen LogP contribution is -2.55. The average Bonchev–Trinajstić information content (AvgIpc) is 3.19. The lowest BCUT2D eigenvalue weighted by atomic mass is 10.1. The first-order chi connectivity index (χ1) is 15.3. The van der Waals surface area contributed by atoms with Crippen molar-refractivity contribution < 1.29 is 22.7 Å². The van der Waals surface area contributed by atoms with Crippen molar-refractivity contribution in [3.63, 3.8) is 0 Å². The summed E-state index contributed by atoms with van der Waals surface area (Å²) in [5.41, 5.74) is 1.35. The number of hydrogen-bond acceptors (Lipinski definition) is 6. The topological polar surface area (TPSA) is 90.5 Å². The van der Waals surface area contributed by atoms with Gasteiger partial charge in [0.2, 0.25) is 21.8 Å². The summed E-state index contributed by atoms with van der Waals surface area (Å²) in [6, 6.07) is 4.20. The van der Waals surface area contributed by atoms with Crippen molar-refractivity contribution in [2.75, 3.05) is 63.9 Å². The fourth-order valence-corrected chi connectivity index (χ4v) is 6.29. The number of hydrogen-bond donors (Lipinski definition) is 0. The SMILES string of the molecule is CCCN1CCN(C(=O)[C@@H]2Cc3cc(S(=O)(=O)N4CCOCC4)ccc3N2C(C)=O)CC1. The molecule has 0 spiro atoms. The van der Waals surface area contributed by atoms with Crippen molar-refractivity contribution in [1.82, 2.24) is 14.1 Å². The van der Waals surface area contributed by atoms with Crippen molar-refractivity contribution in [2.45, 2.75) is 37.6 Å². The van der Waals surface area contributed by atoms with Gasteiger partial charge in [0.15, 0.2) is 0 Å². The molecule has 0 bridgehead atoms. The van der Waals surface area contributed by atoms with Gasteiger partial charge in [-0.25, -0.2) is 8.42 Å². The Balaban J connectivity index is 1.54. The maximum absolute atomic E-state index is 13.4. The third-order valence-electron chi connectivity index (χ3n) is 6.49. The summed E-state index contributed by atoms with van der Waals surface area (Å²) in [6.45, 7) is 8.99. The molecule has 0 aliphatic carbocycles. The van der Waals surface area contributed by atoms with E-state index in [0.29, 0.717) is 51.5 Å². The Morgan fingerprint density at radius 1 is 1.06 bits per heavy atom. The number of piperazine rings is 1. The van der Waals surface area contributed by atoms with E-state index in [9.17, 15) is 18.0 Å². The van der Waals surface area contributed by atoms with Crippen molar-refractivity contribution in [3.8, 4) is 0 Å². The van der Waals surface area contributed by atoms with Gasteiger partial charge in [0.05, 0.1) is 18.1 Å². The van der Waals surface area contributed by atoms with Crippen LogP contribution in [0.2, 0.25) is 0 Å². The summed E-state index contributed by atoms with van der Waals surface area (Å²) in [7, 11) is -3.64. The minimum atomic E-state index is -3.64. The molecule has 0 radical (unpaired) electrons. The van der Waals surface area contributed by atoms with Gasteiger partial charge in [0.1, 0.15) is 6.04 Å². The molecule has 1 atom stereocenters. The van der Waals surface area contributed by atoms with Crippen LogP contribution in [0.15, 0.2) is 23.1 Å². The second-order valence-corrected chi connectivity index (χ2v) is 10.5. The molecule has 2 saturated heterocycles. The molecule has 1 aromatic carbocycles. The molecular formula is C22H32N4O5S. The fraction of sp³-hybridized carbons (Fsp3) is 0.636. The quantitative estimate of drug-likeness (QED) is 0.632. The lowest BCUT2D eigenvalue weighted by Gasteiger charge is -2.37. The largest absolute Gasteiger partial charge is 0.379 e. The molecule has 10 heteroatoms. The van der Waals surface area contributed by atoms with E-state index in [1.54, 1.807) is 12.1 Å². The summed E-state index contributed by atoms with van der Waals surface area (Å²) in [5, 5.41) is 0. The Kier molecular flexibility index (Phi) is 6.85. The number of nitrogens with zero attached hydrogens (tertiary/aromatic N) is 4. The minimum absolute atomic E-state index is 0.0647. The summed E-state index contributed by atoms with van der Waals surface area (Å²) in [5.74, 6) is -0.277. The van der Waals surface area contributed by atoms with Gasteiger partial charge in [-0.3, -0.25) is 19.4 Å². The van der Waals surface area contributed by atoms with Crippen molar-refractivity contribution in [3.05, 3.63) is 23.8 Å². The second-order valence-electron chi connectivity index (χ2n) is 8.58. The van der Waals surface area contributed by atoms with Crippen LogP contribution in [0.3, 0.4) is 0 Å². The standard InChI is InChI=1S/C22H32N4O5S/c1-3-6-23-7-9-24(10-8-23)22(28)21-16-18-15-19(4-5-20(18)26(21)17(2)27)32(29,30)25-11-13-31-14-12-25/h4-5,15,21H,3,6-14,16H2,1-2H3/t21-/m0/s1. The summed E-state index contributed by atoms with van der Waals surface area (Å²) in [4.78, 5) is 31.7. The van der Waals surface area contributed by atoms with Gasteiger partial charge >= 0.3 is 0 Å². The third-order valence-corrected chi connectivity index (χ3v) is 8.39. The monoisotopic (exact) mass is 464 g/mol. The second kappa shape index (κ2) is 9.46. The van der Waals surface area contributed by atoms with Crippen LogP contribution in [0.4, 0.5) is 5.69 Å². The molecule has 4 rings (SSSR count). The Morgan fingerprint density at radius 3 is 2.38 bits per heavy atom. The van der Waals surface area contributed by atoms with Crippen molar-refractivity contribution >= 4 is 27.5 Å². The smallest absolute Gasteiger partial charge is 0.246 e. The predicted octanol–water partition coefficient (Wildman–Crippen LogP) is 0.539. The normalized spacial score (nSPS) is 22.8. The number of rotatable bonds is 5. The molecule has 0 saturated carbocycles. The van der Waals surface area contributed by atoms with Crippen LogP contribution in [0.5, 0.6) is 0 Å². The highest BCUT2D eigenvalue weighted by Crippen LogP contribution is 2.35. The molecule has 9 nitrogen and oxygen atoms in total. The van der Waals surface area contributed by atoms with Gasteiger partial charge in [0, 0.05) is 58.3 Å². The zero-order valence-corrected chi connectivity index (χ0v) is 19.6. The molecule has 3 aliphatic rings. The summed E-state index contributed by atoms with van der Waals surface area (Å²) in [6.07, 6.45) is 1.41. The van der Waals surface area contributed by atoms with E-state index in [-0.39, 0.29) is 16.7 Å². The van der Waals surface area contributed by atoms with Crippen molar-refractivity contribution in [2.24, 2.45) is 0 Å². The fourth-order valence-electron chi connectivity index (χ4n) is 4.83. The van der Waals surface area contributed by atoms with E-state index in [1.165, 1.54) is 22.2 Å². The van der Waals surface area contributed by atoms with E-state index >= 15 is 0 Å². The van der Waals surface area contributed by atoms with E-state index in [4.69, 9.17) is 4.74 Å². The highest BCUT2D eigenvalue weighted by molar-refractivity contribution is 7.89. The van der Waals surface area contributed by atoms with Gasteiger partial charge in [0.25, 0.3) is 0 Å². The molecule has 32 heavy (non-hydrogen) atoms. The van der Waals surface area contributed by atoms with Crippen LogP contribution in [0.25, 0.3) is 0 Å². The molecule has 0 N–H and O–H groups in total. The number of fused-ring (bicyclic) bond motifs is 1. The van der Waals surface area contributed by atoms with Crippen LogP contribution in [0, 0.1) is 0 Å². The maximum Gasteiger partial charge on any atom is 0.246 e. The van der Waals surface area contributed by atoms with E-state index in [2.05, 4.69) is 11.8 Å². The first-order valence-electron chi connectivity index (χ1n) is 11.3. The predicted molar refractivity (Wildman–Crippen MR) is 120 cm³/mol. The number of carbonyl (C=O) groups excluding carboxylic acids is 2. The Hall–Kier alpha value is -2.01. The lowest BCUT2D eigenvalue weighted by molar-refractivity contribution is -0.135. The minimum Gasteiger partial charge on any atom is -0.379 e. The summed E-state index contributed by atoms with van der Waals surface area (Å²) >= 11 is 0. The van der Waals surface area contributed by atoms with Crippen molar-refractivity contribution in [1.29, 1.82) is 0 Å². The average molecular weight is 465 g/mol. The molecule has 0 aromatic heterocycles. The van der Waals surface area contributed by atoms with Crippen LogP contribution in [0.1, 0.15) is 25.8 Å². The zero-order chi connectivity index (χ0) is 22.9. The van der Waals surface area contributed by atoms with Crippen LogP contribution in [-0.2, 0) is 30.8 Å². The van der Waals surface area contributed by atoms with Gasteiger partial charge in [-0.2, -0.15) is 4.31 Å². The number of sulfonamides is 1. The highest BCUT2D eigenvalue weighted by Gasteiger charge is 2.40. The number of carbonyl (C=O) groups is 2. The van der Waals surface area contributed by atoms with Gasteiger partial charge in [-0.15, -0.1) is 0 Å². The molecule has 2 fully saturated rings. The van der Waals surface area contributed by atoms with Gasteiger partial charge < -0.3 is 9.64 Å². The van der Waals surface area contributed by atoms with Crippen LogP contribution in [-0.4, -0.2) is 99.4 Å². The highest BCUT2D eigenvalue weighted by atomic mass is 32.2. The number of anilines is 1. The number of benzene rings is 1. The third kappa shape index (κ3) is 4.41. The van der Waals surface area contributed by atoms with Gasteiger partial charge in [-0.05, 0) is 36.7 Å². The molecule has 1 aromatic rings. The number of morpholine rings is 1. The Labute approximate surface area is 189 Å². The Bertz CT molecular complexity index is 969. The number of amides is 2. The van der Waals surface area contributed by atoms with Gasteiger partial charge in [-0.1, -0.05) is 6.92 Å². The maximum atomic E-state index is 13.4. The molecule has 2 amide bonds. The summed E-state index contributed by atoms with van der Waals surface area (Å²) < 4.78 is 32.8. The number of ether oxygens (including phenoxy) is 1. The van der Waals surface area contributed by atoms with Crippen LogP contribution >= 0.6 is 0 Å². The van der Waals surface area contributed by atoms with E-state index < -0.39 is 16.1 Å². The molecular weight excluding hydrogens is 432 g/mol. The zero-order valence-electron chi connectivity index (χ0n) is 18.8. The first-order valence-corrected chi connectivity index (χ1v) is 12.8. The van der Waals surface area contributed by atoms with Crippen LogP contribution < -0.4 is 4.90 Å². The van der Waals surface area contributed by atoms with E-state index in [0.717, 1.165) is 31.6 Å². The Morgan fingerprint density at radius 2 is 1.75 bits per heavy atom. The first kappa shape index (κ1) is 23.2. The molecule has 3 heterocycles. The molecule has 0 unspecified atom stereocenters. The van der Waals surface area contributed by atoms with E-state index in [1.807, 2.05) is 4.90 Å².